The summed E-state index contributed by atoms with van der Waals surface area (Å²) >= 11 is 1.67. The molecular weight excluding hydrogens is 372 g/mol. The average molecular weight is 399 g/mol. The number of thiophene rings is 1. The summed E-state index contributed by atoms with van der Waals surface area (Å²) in [6.07, 6.45) is 2.83. The van der Waals surface area contributed by atoms with Gasteiger partial charge in [0, 0.05) is 17.8 Å². The molecule has 0 saturated carbocycles. The molecule has 2 aromatic rings. The zero-order chi connectivity index (χ0) is 19.0. The maximum Gasteiger partial charge on any atom is 0.264 e. The molecule has 1 N–H and O–H groups in total. The molecule has 5 rings (SSSR count). The third-order valence-corrected chi connectivity index (χ3v) is 7.34. The van der Waals surface area contributed by atoms with E-state index in [0.29, 0.717) is 19.7 Å². The SMILES string of the molecule is O=C(c1cc2c(s1)CCOC21CCNCC1)N1CCOC(c2ccccc2)C1. The maximum absolute atomic E-state index is 13.3. The molecule has 1 amide bonds. The van der Waals surface area contributed by atoms with E-state index in [1.54, 1.807) is 11.3 Å². The van der Waals surface area contributed by atoms with Gasteiger partial charge in [0.25, 0.3) is 5.91 Å². The summed E-state index contributed by atoms with van der Waals surface area (Å²) in [6, 6.07) is 12.3. The minimum Gasteiger partial charge on any atom is -0.370 e. The fraction of sp³-hybridized carbons (Fsp3) is 0.500. The van der Waals surface area contributed by atoms with Crippen molar-refractivity contribution >= 4 is 17.2 Å². The van der Waals surface area contributed by atoms with Crippen molar-refractivity contribution in [1.82, 2.24) is 10.2 Å². The Labute approximate surface area is 169 Å². The van der Waals surface area contributed by atoms with Crippen molar-refractivity contribution in [1.29, 1.82) is 0 Å². The van der Waals surface area contributed by atoms with Gasteiger partial charge in [-0.25, -0.2) is 0 Å². The molecule has 2 saturated heterocycles. The normalized spacial score (nSPS) is 24.1. The van der Waals surface area contributed by atoms with Crippen molar-refractivity contribution in [2.24, 2.45) is 0 Å². The Morgan fingerprint density at radius 2 is 2.00 bits per heavy atom. The Morgan fingerprint density at radius 3 is 2.82 bits per heavy atom. The van der Waals surface area contributed by atoms with Gasteiger partial charge in [0.15, 0.2) is 0 Å². The Bertz CT molecular complexity index is 845. The van der Waals surface area contributed by atoms with Crippen LogP contribution in [0.5, 0.6) is 0 Å². The number of morpholine rings is 1. The third kappa shape index (κ3) is 3.28. The summed E-state index contributed by atoms with van der Waals surface area (Å²) in [7, 11) is 0. The second-order valence-corrected chi connectivity index (χ2v) is 8.95. The molecule has 1 aromatic carbocycles. The lowest BCUT2D eigenvalue weighted by molar-refractivity contribution is -0.0792. The predicted molar refractivity (Wildman–Crippen MR) is 109 cm³/mol. The van der Waals surface area contributed by atoms with Gasteiger partial charge in [-0.05, 0) is 43.1 Å². The topological polar surface area (TPSA) is 50.8 Å². The van der Waals surface area contributed by atoms with E-state index < -0.39 is 0 Å². The van der Waals surface area contributed by atoms with E-state index in [1.165, 1.54) is 10.4 Å². The minimum absolute atomic E-state index is 0.0485. The molecule has 0 aliphatic carbocycles. The first-order valence-corrected chi connectivity index (χ1v) is 11.0. The molecule has 6 heteroatoms. The number of hydrogen-bond donors (Lipinski definition) is 1. The van der Waals surface area contributed by atoms with Crippen LogP contribution >= 0.6 is 11.3 Å². The van der Waals surface area contributed by atoms with Crippen LogP contribution in [0.15, 0.2) is 36.4 Å². The number of hydrogen-bond acceptors (Lipinski definition) is 5. The van der Waals surface area contributed by atoms with Gasteiger partial charge in [0.05, 0.1) is 30.2 Å². The zero-order valence-electron chi connectivity index (χ0n) is 16.0. The highest BCUT2D eigenvalue weighted by Crippen LogP contribution is 2.43. The number of ether oxygens (including phenoxy) is 2. The van der Waals surface area contributed by atoms with Gasteiger partial charge in [0.2, 0.25) is 0 Å². The van der Waals surface area contributed by atoms with E-state index in [0.717, 1.165) is 49.4 Å². The molecule has 3 aliphatic rings. The molecule has 1 atom stereocenters. The number of piperidine rings is 1. The van der Waals surface area contributed by atoms with Crippen molar-refractivity contribution < 1.29 is 14.3 Å². The number of rotatable bonds is 2. The lowest BCUT2D eigenvalue weighted by Crippen LogP contribution is -2.44. The van der Waals surface area contributed by atoms with Crippen molar-refractivity contribution in [3.63, 3.8) is 0 Å². The first kappa shape index (κ1) is 18.3. The van der Waals surface area contributed by atoms with E-state index in [2.05, 4.69) is 23.5 Å². The number of amides is 1. The Morgan fingerprint density at radius 1 is 1.18 bits per heavy atom. The first-order chi connectivity index (χ1) is 13.8. The summed E-state index contributed by atoms with van der Waals surface area (Å²) in [5, 5.41) is 3.42. The van der Waals surface area contributed by atoms with Crippen molar-refractivity contribution in [2.75, 3.05) is 39.4 Å². The van der Waals surface area contributed by atoms with E-state index >= 15 is 0 Å². The first-order valence-electron chi connectivity index (χ1n) is 10.2. The molecular formula is C22H26N2O3S. The van der Waals surface area contributed by atoms with Gasteiger partial charge in [-0.2, -0.15) is 0 Å². The monoisotopic (exact) mass is 398 g/mol. The molecule has 2 fully saturated rings. The second-order valence-electron chi connectivity index (χ2n) is 7.81. The minimum atomic E-state index is -0.189. The zero-order valence-corrected chi connectivity index (χ0v) is 16.8. The molecule has 1 spiro atoms. The molecule has 28 heavy (non-hydrogen) atoms. The lowest BCUT2D eigenvalue weighted by atomic mass is 9.83. The standard InChI is InChI=1S/C22H26N2O3S/c25-21(24-11-13-26-18(15-24)16-4-2-1-3-5-16)20-14-17-19(28-20)6-12-27-22(17)7-9-23-10-8-22/h1-5,14,18,23H,6-13,15H2. The molecule has 148 valence electrons. The van der Waals surface area contributed by atoms with Crippen molar-refractivity contribution in [3.05, 3.63) is 57.3 Å². The van der Waals surface area contributed by atoms with Gasteiger partial charge in [-0.1, -0.05) is 30.3 Å². The average Bonchev–Trinajstić information content (AvgIpc) is 3.21. The van der Waals surface area contributed by atoms with Crippen LogP contribution in [0.2, 0.25) is 0 Å². The molecule has 3 aliphatic heterocycles. The van der Waals surface area contributed by atoms with E-state index in [-0.39, 0.29) is 17.6 Å². The van der Waals surface area contributed by atoms with Gasteiger partial charge >= 0.3 is 0 Å². The highest BCUT2D eigenvalue weighted by molar-refractivity contribution is 7.14. The number of fused-ring (bicyclic) bond motifs is 2. The van der Waals surface area contributed by atoms with E-state index in [9.17, 15) is 4.79 Å². The van der Waals surface area contributed by atoms with Gasteiger partial charge in [-0.3, -0.25) is 4.79 Å². The number of carbonyl (C=O) groups excluding carboxylic acids is 1. The van der Waals surface area contributed by atoms with Gasteiger partial charge < -0.3 is 19.7 Å². The van der Waals surface area contributed by atoms with Crippen LogP contribution in [0.3, 0.4) is 0 Å². The summed E-state index contributed by atoms with van der Waals surface area (Å²) in [5.74, 6) is 0.132. The number of carbonyl (C=O) groups is 1. The summed E-state index contributed by atoms with van der Waals surface area (Å²) in [4.78, 5) is 17.4. The predicted octanol–water partition coefficient (Wildman–Crippen LogP) is 3.11. The Hall–Kier alpha value is -1.73. The fourth-order valence-corrected chi connectivity index (χ4v) is 5.82. The highest BCUT2D eigenvalue weighted by atomic mass is 32.1. The van der Waals surface area contributed by atoms with E-state index in [4.69, 9.17) is 9.47 Å². The summed E-state index contributed by atoms with van der Waals surface area (Å²) in [5.41, 5.74) is 2.21. The van der Waals surface area contributed by atoms with Gasteiger partial charge in [-0.15, -0.1) is 11.3 Å². The molecule has 0 radical (unpaired) electrons. The summed E-state index contributed by atoms with van der Waals surface area (Å²) < 4.78 is 12.2. The lowest BCUT2D eigenvalue weighted by Gasteiger charge is -2.40. The third-order valence-electron chi connectivity index (χ3n) is 6.15. The van der Waals surface area contributed by atoms with Crippen LogP contribution in [0, 0.1) is 0 Å². The number of benzene rings is 1. The molecule has 4 heterocycles. The number of nitrogens with one attached hydrogen (secondary N) is 1. The van der Waals surface area contributed by atoms with Crippen LogP contribution in [0.25, 0.3) is 0 Å². The highest BCUT2D eigenvalue weighted by Gasteiger charge is 2.41. The second kappa shape index (κ2) is 7.59. The maximum atomic E-state index is 13.3. The van der Waals surface area contributed by atoms with Crippen LogP contribution in [-0.4, -0.2) is 50.2 Å². The van der Waals surface area contributed by atoms with Crippen LogP contribution < -0.4 is 5.32 Å². The Kier molecular flexibility index (Phi) is 4.97. The molecule has 5 nitrogen and oxygen atoms in total. The summed E-state index contributed by atoms with van der Waals surface area (Å²) in [6.45, 7) is 4.54. The van der Waals surface area contributed by atoms with Crippen LogP contribution in [0.4, 0.5) is 0 Å². The molecule has 0 bridgehead atoms. The van der Waals surface area contributed by atoms with Crippen LogP contribution in [0.1, 0.15) is 44.6 Å². The van der Waals surface area contributed by atoms with Crippen molar-refractivity contribution in [3.8, 4) is 0 Å². The Balaban J connectivity index is 1.37. The van der Waals surface area contributed by atoms with Gasteiger partial charge in [0.1, 0.15) is 6.10 Å². The number of nitrogens with zero attached hydrogens (tertiary/aromatic N) is 1. The van der Waals surface area contributed by atoms with Crippen molar-refractivity contribution in [2.45, 2.75) is 31.0 Å². The molecule has 1 aromatic heterocycles. The van der Waals surface area contributed by atoms with Crippen LogP contribution in [-0.2, 0) is 21.5 Å². The smallest absolute Gasteiger partial charge is 0.264 e. The van der Waals surface area contributed by atoms with E-state index in [1.807, 2.05) is 23.1 Å². The molecule has 1 unspecified atom stereocenters. The fourth-order valence-electron chi connectivity index (χ4n) is 4.63. The quantitative estimate of drug-likeness (QED) is 0.845. The largest absolute Gasteiger partial charge is 0.370 e.